The second-order valence-corrected chi connectivity index (χ2v) is 12.4. The van der Waals surface area contributed by atoms with Crippen molar-refractivity contribution in [3.63, 3.8) is 0 Å². The Morgan fingerprint density at radius 2 is 1.77 bits per heavy atom. The number of nitrogens with one attached hydrogen (secondary N) is 3. The van der Waals surface area contributed by atoms with Crippen LogP contribution in [-0.4, -0.2) is 57.4 Å². The minimum atomic E-state index is -3.72. The lowest BCUT2D eigenvalue weighted by molar-refractivity contribution is 0.0907. The Morgan fingerprint density at radius 3 is 2.40 bits per heavy atom. The van der Waals surface area contributed by atoms with E-state index in [2.05, 4.69) is 16.0 Å². The van der Waals surface area contributed by atoms with E-state index in [0.29, 0.717) is 24.7 Å². The Morgan fingerprint density at radius 1 is 1.07 bits per heavy atom. The third kappa shape index (κ3) is 7.00. The summed E-state index contributed by atoms with van der Waals surface area (Å²) in [5.41, 5.74) is 9.69. The van der Waals surface area contributed by atoms with E-state index in [9.17, 15) is 18.0 Å². The molecule has 0 saturated carbocycles. The van der Waals surface area contributed by atoms with Gasteiger partial charge in [-0.1, -0.05) is 37.6 Å². The van der Waals surface area contributed by atoms with Crippen LogP contribution in [0.3, 0.4) is 0 Å². The van der Waals surface area contributed by atoms with Crippen LogP contribution >= 0.6 is 11.3 Å². The summed E-state index contributed by atoms with van der Waals surface area (Å²) in [4.78, 5) is 26.9. The van der Waals surface area contributed by atoms with Crippen LogP contribution in [0.2, 0.25) is 0 Å². The highest BCUT2D eigenvalue weighted by Gasteiger charge is 2.28. The molecule has 0 spiro atoms. The Kier molecular flexibility index (Phi) is 10.3. The quantitative estimate of drug-likeness (QED) is 0.240. The number of nitrogens with two attached hydrogens (primary N) is 1. The Hall–Kier alpha value is -3.45. The van der Waals surface area contributed by atoms with Crippen LogP contribution in [0.15, 0.2) is 47.4 Å². The number of aryl methyl sites for hydroxylation is 2. The zero-order valence-corrected chi connectivity index (χ0v) is 25.3. The van der Waals surface area contributed by atoms with Crippen molar-refractivity contribution in [3.8, 4) is 0 Å². The molecule has 1 heterocycles. The summed E-state index contributed by atoms with van der Waals surface area (Å²) in [6.45, 7) is 10.2. The molecule has 1 unspecified atom stereocenters. The van der Waals surface area contributed by atoms with Crippen molar-refractivity contribution in [2.45, 2.75) is 45.6 Å². The van der Waals surface area contributed by atoms with E-state index in [1.54, 1.807) is 40.0 Å². The molecule has 0 aliphatic heterocycles. The maximum Gasteiger partial charge on any atom is 0.267 e. The van der Waals surface area contributed by atoms with Crippen LogP contribution in [0.5, 0.6) is 0 Å². The van der Waals surface area contributed by atoms with Crippen LogP contribution in [0, 0.1) is 13.8 Å². The van der Waals surface area contributed by atoms with Gasteiger partial charge >= 0.3 is 0 Å². The minimum absolute atomic E-state index is 0.0174. The molecular formula is C28H37N5O5S2. The predicted molar refractivity (Wildman–Crippen MR) is 161 cm³/mol. The fraction of sp³-hybridized carbons (Fsp3) is 0.357. The van der Waals surface area contributed by atoms with Crippen molar-refractivity contribution in [1.29, 1.82) is 0 Å². The second-order valence-electron chi connectivity index (χ2n) is 9.39. The number of methoxy groups -OCH3 is 1. The highest BCUT2D eigenvalue weighted by Crippen LogP contribution is 2.39. The number of anilines is 4. The van der Waals surface area contributed by atoms with Crippen molar-refractivity contribution in [1.82, 2.24) is 9.62 Å². The van der Waals surface area contributed by atoms with Crippen LogP contribution in [0.4, 0.5) is 22.1 Å². The number of nitrogens with zero attached hydrogens (tertiary/aromatic N) is 1. The standard InChI is InChI=1S/C28H37N5O5S2/c1-7-33(8-2)40(36,37)21-11-9-10-20(15-21)31-27(35)25-24(29)23(26(34)30-19(5)16-38-6)28(39-25)32-22-13-12-17(3)14-18(22)4/h9-15,19,32H,7-8,16,29H2,1-6H3,(H,30,34)(H,31,35). The Balaban J connectivity index is 1.98. The van der Waals surface area contributed by atoms with Gasteiger partial charge in [-0.05, 0) is 50.6 Å². The summed E-state index contributed by atoms with van der Waals surface area (Å²) >= 11 is 1.05. The van der Waals surface area contributed by atoms with Crippen LogP contribution < -0.4 is 21.7 Å². The van der Waals surface area contributed by atoms with E-state index in [1.807, 2.05) is 32.0 Å². The summed E-state index contributed by atoms with van der Waals surface area (Å²) in [7, 11) is -2.18. The average molecular weight is 588 g/mol. The molecule has 0 saturated heterocycles. The average Bonchev–Trinajstić information content (AvgIpc) is 3.22. The number of rotatable bonds is 12. The molecule has 0 aliphatic rings. The first-order chi connectivity index (χ1) is 18.9. The summed E-state index contributed by atoms with van der Waals surface area (Å²) in [5, 5.41) is 9.28. The monoisotopic (exact) mass is 587 g/mol. The first-order valence-electron chi connectivity index (χ1n) is 12.9. The van der Waals surface area contributed by atoms with Crippen molar-refractivity contribution in [3.05, 3.63) is 64.0 Å². The van der Waals surface area contributed by atoms with E-state index in [4.69, 9.17) is 10.5 Å². The maximum absolute atomic E-state index is 13.4. The number of sulfonamides is 1. The summed E-state index contributed by atoms with van der Waals surface area (Å²) in [6.07, 6.45) is 0. The predicted octanol–water partition coefficient (Wildman–Crippen LogP) is 4.74. The number of ether oxygens (including phenoxy) is 1. The van der Waals surface area contributed by atoms with Gasteiger partial charge in [0.2, 0.25) is 10.0 Å². The fourth-order valence-electron chi connectivity index (χ4n) is 4.22. The first-order valence-corrected chi connectivity index (χ1v) is 15.2. The zero-order chi connectivity index (χ0) is 29.6. The third-order valence-corrected chi connectivity index (χ3v) is 9.40. The number of hydrogen-bond acceptors (Lipinski definition) is 8. The lowest BCUT2D eigenvalue weighted by atomic mass is 10.1. The summed E-state index contributed by atoms with van der Waals surface area (Å²) < 4.78 is 32.4. The topological polar surface area (TPSA) is 143 Å². The van der Waals surface area contributed by atoms with Gasteiger partial charge in [0.15, 0.2) is 0 Å². The molecule has 3 aromatic rings. The van der Waals surface area contributed by atoms with Crippen molar-refractivity contribution in [2.24, 2.45) is 0 Å². The van der Waals surface area contributed by atoms with E-state index in [1.165, 1.54) is 16.4 Å². The van der Waals surface area contributed by atoms with Gasteiger partial charge in [0.25, 0.3) is 11.8 Å². The molecule has 2 amide bonds. The lowest BCUT2D eigenvalue weighted by Gasteiger charge is -2.18. The molecular weight excluding hydrogens is 550 g/mol. The van der Waals surface area contributed by atoms with Gasteiger partial charge in [-0.3, -0.25) is 9.59 Å². The number of thiophene rings is 1. The molecule has 10 nitrogen and oxygen atoms in total. The van der Waals surface area contributed by atoms with Gasteiger partial charge < -0.3 is 26.4 Å². The molecule has 1 atom stereocenters. The smallest absolute Gasteiger partial charge is 0.267 e. The molecule has 1 aromatic heterocycles. The number of amides is 2. The highest BCUT2D eigenvalue weighted by atomic mass is 32.2. The van der Waals surface area contributed by atoms with E-state index < -0.39 is 21.8 Å². The molecule has 5 N–H and O–H groups in total. The van der Waals surface area contributed by atoms with Crippen LogP contribution in [-0.2, 0) is 14.8 Å². The molecule has 0 bridgehead atoms. The van der Waals surface area contributed by atoms with Gasteiger partial charge in [-0.25, -0.2) is 8.42 Å². The number of benzene rings is 2. The number of carbonyl (C=O) groups is 2. The second kappa shape index (κ2) is 13.3. The molecule has 12 heteroatoms. The van der Waals surface area contributed by atoms with E-state index >= 15 is 0 Å². The summed E-state index contributed by atoms with van der Waals surface area (Å²) in [5.74, 6) is -1.01. The lowest BCUT2D eigenvalue weighted by Crippen LogP contribution is -2.36. The van der Waals surface area contributed by atoms with Crippen LogP contribution in [0.1, 0.15) is 51.9 Å². The van der Waals surface area contributed by atoms with E-state index in [0.717, 1.165) is 28.2 Å². The first kappa shape index (κ1) is 31.1. The van der Waals surface area contributed by atoms with Crippen molar-refractivity contribution < 1.29 is 22.7 Å². The molecule has 0 radical (unpaired) electrons. The third-order valence-electron chi connectivity index (χ3n) is 6.24. The van der Waals surface area contributed by atoms with E-state index in [-0.39, 0.29) is 32.8 Å². The van der Waals surface area contributed by atoms with Gasteiger partial charge in [0, 0.05) is 37.6 Å². The molecule has 3 rings (SSSR count). The Bertz CT molecular complexity index is 1480. The fourth-order valence-corrected chi connectivity index (χ4v) is 6.75. The summed E-state index contributed by atoms with van der Waals surface area (Å²) in [6, 6.07) is 11.6. The molecule has 2 aromatic carbocycles. The van der Waals surface area contributed by atoms with Crippen LogP contribution in [0.25, 0.3) is 0 Å². The van der Waals surface area contributed by atoms with Crippen molar-refractivity contribution >= 4 is 55.2 Å². The number of nitrogen functional groups attached to an aromatic ring is 1. The van der Waals surface area contributed by atoms with Gasteiger partial charge in [-0.15, -0.1) is 11.3 Å². The maximum atomic E-state index is 13.4. The normalized spacial score (nSPS) is 12.3. The van der Waals surface area contributed by atoms with Gasteiger partial charge in [0.1, 0.15) is 9.88 Å². The molecule has 40 heavy (non-hydrogen) atoms. The van der Waals surface area contributed by atoms with Gasteiger partial charge in [0.05, 0.1) is 22.8 Å². The largest absolute Gasteiger partial charge is 0.397 e. The number of hydrogen-bond donors (Lipinski definition) is 4. The van der Waals surface area contributed by atoms with Crippen molar-refractivity contribution in [2.75, 3.05) is 43.2 Å². The molecule has 0 fully saturated rings. The number of carbonyl (C=O) groups excluding carboxylic acids is 2. The zero-order valence-electron chi connectivity index (χ0n) is 23.6. The van der Waals surface area contributed by atoms with Gasteiger partial charge in [-0.2, -0.15) is 4.31 Å². The highest BCUT2D eigenvalue weighted by molar-refractivity contribution is 7.89. The SMILES string of the molecule is CCN(CC)S(=O)(=O)c1cccc(NC(=O)c2sc(Nc3ccc(C)cc3C)c(C(=O)NC(C)COC)c2N)c1. The molecule has 0 aliphatic carbocycles. The molecule has 216 valence electrons. The Labute approximate surface area is 240 Å². The minimum Gasteiger partial charge on any atom is -0.397 e.